The van der Waals surface area contributed by atoms with E-state index in [0.717, 1.165) is 18.4 Å². The van der Waals surface area contributed by atoms with E-state index < -0.39 is 0 Å². The largest absolute Gasteiger partial charge is 0.508 e. The molecule has 0 fully saturated rings. The number of rotatable bonds is 3. The van der Waals surface area contributed by atoms with Crippen LogP contribution < -0.4 is 0 Å². The molecule has 0 amide bonds. The third-order valence-electron chi connectivity index (χ3n) is 2.78. The van der Waals surface area contributed by atoms with E-state index in [1.807, 2.05) is 12.1 Å². The van der Waals surface area contributed by atoms with Gasteiger partial charge in [0.2, 0.25) is 0 Å². The normalized spacial score (nSPS) is 10.3. The van der Waals surface area contributed by atoms with Gasteiger partial charge in [0, 0.05) is 0 Å². The Morgan fingerprint density at radius 1 is 0.938 bits per heavy atom. The Hall–Kier alpha value is -1.76. The third-order valence-corrected chi connectivity index (χ3v) is 2.78. The molecule has 2 rings (SSSR count). The van der Waals surface area contributed by atoms with E-state index in [-0.39, 0.29) is 0 Å². The van der Waals surface area contributed by atoms with Crippen LogP contribution in [0.15, 0.2) is 48.5 Å². The zero-order valence-corrected chi connectivity index (χ0v) is 9.48. The summed E-state index contributed by atoms with van der Waals surface area (Å²) < 4.78 is 0. The summed E-state index contributed by atoms with van der Waals surface area (Å²) in [5.74, 6) is 0.402. The Labute approximate surface area is 96.4 Å². The van der Waals surface area contributed by atoms with Gasteiger partial charge in [-0.15, -0.1) is 0 Å². The Balaban J connectivity index is 2.22. The van der Waals surface area contributed by atoms with Gasteiger partial charge in [-0.2, -0.15) is 0 Å². The maximum Gasteiger partial charge on any atom is 0.118 e. The molecule has 0 radical (unpaired) electrons. The maximum atomic E-state index is 9.60. The van der Waals surface area contributed by atoms with Gasteiger partial charge in [-0.3, -0.25) is 0 Å². The van der Waals surface area contributed by atoms with E-state index in [9.17, 15) is 5.11 Å². The van der Waals surface area contributed by atoms with E-state index in [0.29, 0.717) is 5.75 Å². The lowest BCUT2D eigenvalue weighted by Crippen LogP contribution is -1.90. The van der Waals surface area contributed by atoms with Gasteiger partial charge in [-0.05, 0) is 35.6 Å². The first-order valence-corrected chi connectivity index (χ1v) is 5.64. The van der Waals surface area contributed by atoms with Crippen molar-refractivity contribution in [1.29, 1.82) is 0 Å². The molecule has 2 aromatic carbocycles. The Morgan fingerprint density at radius 2 is 1.69 bits per heavy atom. The molecule has 0 aliphatic heterocycles. The second-order valence-electron chi connectivity index (χ2n) is 3.98. The summed E-state index contributed by atoms with van der Waals surface area (Å²) in [4.78, 5) is 0. The molecule has 0 atom stereocenters. The summed E-state index contributed by atoms with van der Waals surface area (Å²) in [6.07, 6.45) is 1.79. The highest BCUT2D eigenvalue weighted by Gasteiger charge is 2.01. The number of hydrogen-bond acceptors (Lipinski definition) is 1. The molecule has 1 heteroatoms. The van der Waals surface area contributed by atoms with E-state index >= 15 is 0 Å². The maximum absolute atomic E-state index is 9.60. The minimum Gasteiger partial charge on any atom is -0.508 e. The zero-order chi connectivity index (χ0) is 11.4. The van der Waals surface area contributed by atoms with Gasteiger partial charge in [0.1, 0.15) is 5.75 Å². The average Bonchev–Trinajstić information content (AvgIpc) is 2.33. The van der Waals surface area contributed by atoms with Crippen LogP contribution >= 0.6 is 0 Å². The second kappa shape index (κ2) is 4.84. The molecular formula is C15H16O. The van der Waals surface area contributed by atoms with E-state index in [1.165, 1.54) is 11.1 Å². The summed E-state index contributed by atoms with van der Waals surface area (Å²) >= 11 is 0. The first-order valence-electron chi connectivity index (χ1n) is 5.64. The number of hydrogen-bond donors (Lipinski definition) is 1. The summed E-state index contributed by atoms with van der Waals surface area (Å²) in [6, 6.07) is 16.2. The standard InChI is InChI=1S/C15H16O/c1-2-14-11-13(8-9-15(14)16)10-12-6-4-3-5-7-12/h3-9,11,16H,2,10H2,1H3. The molecule has 0 bridgehead atoms. The van der Waals surface area contributed by atoms with Crippen LogP contribution in [0.2, 0.25) is 0 Å². The lowest BCUT2D eigenvalue weighted by molar-refractivity contribution is 0.468. The van der Waals surface area contributed by atoms with Crippen molar-refractivity contribution in [2.24, 2.45) is 0 Å². The number of phenols is 1. The molecule has 0 spiro atoms. The van der Waals surface area contributed by atoms with Crippen LogP contribution in [0.25, 0.3) is 0 Å². The van der Waals surface area contributed by atoms with Crippen LogP contribution in [-0.2, 0) is 12.8 Å². The van der Waals surface area contributed by atoms with Gasteiger partial charge in [-0.25, -0.2) is 0 Å². The molecule has 0 aliphatic carbocycles. The van der Waals surface area contributed by atoms with Gasteiger partial charge in [0.05, 0.1) is 0 Å². The summed E-state index contributed by atoms with van der Waals surface area (Å²) in [5, 5.41) is 9.60. The summed E-state index contributed by atoms with van der Waals surface area (Å²) in [6.45, 7) is 2.06. The minimum absolute atomic E-state index is 0.402. The van der Waals surface area contributed by atoms with Crippen LogP contribution in [0.4, 0.5) is 0 Å². The fourth-order valence-corrected chi connectivity index (χ4v) is 1.86. The van der Waals surface area contributed by atoms with Crippen molar-refractivity contribution < 1.29 is 5.11 Å². The van der Waals surface area contributed by atoms with Gasteiger partial charge < -0.3 is 5.11 Å². The highest BCUT2D eigenvalue weighted by Crippen LogP contribution is 2.20. The highest BCUT2D eigenvalue weighted by atomic mass is 16.3. The van der Waals surface area contributed by atoms with Crippen LogP contribution in [0.5, 0.6) is 5.75 Å². The molecule has 16 heavy (non-hydrogen) atoms. The topological polar surface area (TPSA) is 20.2 Å². The second-order valence-corrected chi connectivity index (χ2v) is 3.98. The zero-order valence-electron chi connectivity index (χ0n) is 9.48. The fourth-order valence-electron chi connectivity index (χ4n) is 1.86. The Kier molecular flexibility index (Phi) is 3.25. The molecule has 0 saturated heterocycles. The molecule has 0 saturated carbocycles. The minimum atomic E-state index is 0.402. The third kappa shape index (κ3) is 2.43. The number of aryl methyl sites for hydroxylation is 1. The van der Waals surface area contributed by atoms with Crippen molar-refractivity contribution in [2.45, 2.75) is 19.8 Å². The molecular weight excluding hydrogens is 196 g/mol. The van der Waals surface area contributed by atoms with Crippen molar-refractivity contribution >= 4 is 0 Å². The predicted molar refractivity (Wildman–Crippen MR) is 66.7 cm³/mol. The first kappa shape index (κ1) is 10.7. The Bertz CT molecular complexity index is 460. The monoisotopic (exact) mass is 212 g/mol. The van der Waals surface area contributed by atoms with Crippen molar-refractivity contribution in [3.8, 4) is 5.75 Å². The van der Waals surface area contributed by atoms with Crippen LogP contribution in [0.3, 0.4) is 0 Å². The Morgan fingerprint density at radius 3 is 2.38 bits per heavy atom. The number of phenolic OH excluding ortho intramolecular Hbond substituents is 1. The van der Waals surface area contributed by atoms with Crippen molar-refractivity contribution in [3.05, 3.63) is 65.2 Å². The summed E-state index contributed by atoms with van der Waals surface area (Å²) in [5.41, 5.74) is 3.57. The lowest BCUT2D eigenvalue weighted by atomic mass is 10.0. The van der Waals surface area contributed by atoms with E-state index in [2.05, 4.69) is 37.3 Å². The lowest BCUT2D eigenvalue weighted by Gasteiger charge is -2.06. The smallest absolute Gasteiger partial charge is 0.118 e. The molecule has 2 aromatic rings. The van der Waals surface area contributed by atoms with Gasteiger partial charge in [-0.1, -0.05) is 49.4 Å². The number of benzene rings is 2. The number of aromatic hydroxyl groups is 1. The molecule has 0 aliphatic rings. The summed E-state index contributed by atoms with van der Waals surface area (Å²) in [7, 11) is 0. The van der Waals surface area contributed by atoms with E-state index in [1.54, 1.807) is 6.07 Å². The van der Waals surface area contributed by atoms with Crippen molar-refractivity contribution in [3.63, 3.8) is 0 Å². The van der Waals surface area contributed by atoms with Gasteiger partial charge in [0.15, 0.2) is 0 Å². The van der Waals surface area contributed by atoms with Crippen molar-refractivity contribution in [2.75, 3.05) is 0 Å². The van der Waals surface area contributed by atoms with Gasteiger partial charge >= 0.3 is 0 Å². The average molecular weight is 212 g/mol. The van der Waals surface area contributed by atoms with Crippen LogP contribution in [0.1, 0.15) is 23.6 Å². The van der Waals surface area contributed by atoms with Crippen LogP contribution in [-0.4, -0.2) is 5.11 Å². The molecule has 1 nitrogen and oxygen atoms in total. The quantitative estimate of drug-likeness (QED) is 0.825. The molecule has 0 aromatic heterocycles. The van der Waals surface area contributed by atoms with Gasteiger partial charge in [0.25, 0.3) is 0 Å². The highest BCUT2D eigenvalue weighted by molar-refractivity contribution is 5.38. The molecule has 1 N–H and O–H groups in total. The molecule has 0 heterocycles. The molecule has 0 unspecified atom stereocenters. The van der Waals surface area contributed by atoms with Crippen molar-refractivity contribution in [1.82, 2.24) is 0 Å². The fraction of sp³-hybridized carbons (Fsp3) is 0.200. The van der Waals surface area contributed by atoms with Crippen LogP contribution in [0, 0.1) is 0 Å². The SMILES string of the molecule is CCc1cc(Cc2ccccc2)ccc1O. The predicted octanol–water partition coefficient (Wildman–Crippen LogP) is 3.55. The van der Waals surface area contributed by atoms with E-state index in [4.69, 9.17) is 0 Å². The molecule has 82 valence electrons. The first-order chi connectivity index (χ1) is 7.79.